The van der Waals surface area contributed by atoms with E-state index >= 15 is 0 Å². The van der Waals surface area contributed by atoms with Gasteiger partial charge in [0.15, 0.2) is 4.32 Å². The van der Waals surface area contributed by atoms with Gasteiger partial charge in [0.2, 0.25) is 0 Å². The third-order valence-corrected chi connectivity index (χ3v) is 4.35. The molecule has 2 amide bonds. The number of nitrogens with zero attached hydrogens (tertiary/aromatic N) is 2. The number of hydrogen-bond donors (Lipinski definition) is 1. The molecule has 10 heteroatoms. The van der Waals surface area contributed by atoms with Gasteiger partial charge in [-0.15, -0.1) is 0 Å². The molecular formula is C8H5N3O4S3. The van der Waals surface area contributed by atoms with Crippen LogP contribution < -0.4 is 5.43 Å². The van der Waals surface area contributed by atoms with E-state index in [9.17, 15) is 19.7 Å². The van der Waals surface area contributed by atoms with Gasteiger partial charge in [-0.25, -0.2) is 5.01 Å². The second-order valence-corrected chi connectivity index (χ2v) is 5.79. The molecular weight excluding hydrogens is 298 g/mol. The van der Waals surface area contributed by atoms with Crippen LogP contribution in [0.3, 0.4) is 0 Å². The van der Waals surface area contributed by atoms with E-state index in [-0.39, 0.29) is 25.9 Å². The number of hydrazine groups is 1. The van der Waals surface area contributed by atoms with Crippen LogP contribution in [0.2, 0.25) is 0 Å². The van der Waals surface area contributed by atoms with Gasteiger partial charge in [-0.2, -0.15) is 0 Å². The van der Waals surface area contributed by atoms with Crippen LogP contribution in [-0.4, -0.2) is 31.8 Å². The summed E-state index contributed by atoms with van der Waals surface area (Å²) in [5.74, 6) is -0.723. The summed E-state index contributed by atoms with van der Waals surface area (Å²) >= 11 is 6.77. The Morgan fingerprint density at radius 1 is 1.56 bits per heavy atom. The Hall–Kier alpha value is -1.52. The smallest absolute Gasteiger partial charge is 0.272 e. The van der Waals surface area contributed by atoms with Crippen LogP contribution in [-0.2, 0) is 4.79 Å². The van der Waals surface area contributed by atoms with E-state index in [1.807, 2.05) is 0 Å². The lowest BCUT2D eigenvalue weighted by Gasteiger charge is -2.14. The zero-order chi connectivity index (χ0) is 13.3. The van der Waals surface area contributed by atoms with Crippen molar-refractivity contribution in [3.63, 3.8) is 0 Å². The van der Waals surface area contributed by atoms with Crippen molar-refractivity contribution in [3.8, 4) is 0 Å². The lowest BCUT2D eigenvalue weighted by atomic mass is 10.4. The van der Waals surface area contributed by atoms with Crippen molar-refractivity contribution in [2.45, 2.75) is 0 Å². The first kappa shape index (κ1) is 12.9. The average molecular weight is 303 g/mol. The Balaban J connectivity index is 2.09. The average Bonchev–Trinajstić information content (AvgIpc) is 2.91. The van der Waals surface area contributed by atoms with Crippen LogP contribution in [0.1, 0.15) is 9.67 Å². The van der Waals surface area contributed by atoms with Gasteiger partial charge in [0, 0.05) is 6.07 Å². The van der Waals surface area contributed by atoms with Crippen LogP contribution >= 0.6 is 35.3 Å². The highest BCUT2D eigenvalue weighted by Gasteiger charge is 2.29. The fourth-order valence-corrected chi connectivity index (χ4v) is 2.85. The Kier molecular flexibility index (Phi) is 3.59. The van der Waals surface area contributed by atoms with Gasteiger partial charge >= 0.3 is 5.00 Å². The zero-order valence-corrected chi connectivity index (χ0v) is 11.1. The van der Waals surface area contributed by atoms with Crippen LogP contribution in [0.25, 0.3) is 0 Å². The van der Waals surface area contributed by atoms with Crippen molar-refractivity contribution in [3.05, 3.63) is 27.1 Å². The van der Waals surface area contributed by atoms with Gasteiger partial charge in [-0.05, 0) is 6.07 Å². The first-order chi connectivity index (χ1) is 8.49. The highest BCUT2D eigenvalue weighted by Crippen LogP contribution is 2.24. The Labute approximate surface area is 114 Å². The summed E-state index contributed by atoms with van der Waals surface area (Å²) in [4.78, 5) is 33.2. The highest BCUT2D eigenvalue weighted by atomic mass is 32.2. The minimum absolute atomic E-state index is 0.134. The molecule has 0 unspecified atom stereocenters. The number of hydrogen-bond acceptors (Lipinski definition) is 7. The minimum atomic E-state index is -0.591. The Bertz CT molecular complexity index is 540. The third-order valence-electron chi connectivity index (χ3n) is 1.96. The first-order valence-corrected chi connectivity index (χ1v) is 6.75. The van der Waals surface area contributed by atoms with Crippen LogP contribution in [0.4, 0.5) is 5.00 Å². The molecule has 7 nitrogen and oxygen atoms in total. The molecule has 0 bridgehead atoms. The summed E-state index contributed by atoms with van der Waals surface area (Å²) in [5, 5.41) is 11.3. The van der Waals surface area contributed by atoms with Crippen molar-refractivity contribution < 1.29 is 14.5 Å². The van der Waals surface area contributed by atoms with Crippen molar-refractivity contribution >= 4 is 56.5 Å². The lowest BCUT2D eigenvalue weighted by molar-refractivity contribution is -0.380. The third kappa shape index (κ3) is 2.49. The minimum Gasteiger partial charge on any atom is -0.272 e. The van der Waals surface area contributed by atoms with Crippen LogP contribution in [0.15, 0.2) is 12.1 Å². The van der Waals surface area contributed by atoms with Crippen molar-refractivity contribution in [1.82, 2.24) is 10.4 Å². The fraction of sp³-hybridized carbons (Fsp3) is 0.125. The summed E-state index contributed by atoms with van der Waals surface area (Å²) in [6.45, 7) is 0. The number of thioether (sulfide) groups is 1. The first-order valence-electron chi connectivity index (χ1n) is 4.54. The molecule has 1 aromatic rings. The molecule has 2 heterocycles. The van der Waals surface area contributed by atoms with Gasteiger partial charge in [0.25, 0.3) is 11.8 Å². The molecule has 1 aliphatic rings. The lowest BCUT2D eigenvalue weighted by Crippen LogP contribution is -2.44. The number of carbonyl (C=O) groups excluding carboxylic acids is 2. The number of nitrogens with one attached hydrogen (secondary N) is 1. The van der Waals surface area contributed by atoms with E-state index in [0.717, 1.165) is 28.1 Å². The maximum Gasteiger partial charge on any atom is 0.324 e. The van der Waals surface area contributed by atoms with Gasteiger partial charge in [0.1, 0.15) is 4.88 Å². The molecule has 94 valence electrons. The summed E-state index contributed by atoms with van der Waals surface area (Å²) in [6, 6.07) is 2.56. The van der Waals surface area contributed by atoms with Crippen molar-refractivity contribution in [2.75, 3.05) is 5.75 Å². The van der Waals surface area contributed by atoms with E-state index in [0.29, 0.717) is 0 Å². The van der Waals surface area contributed by atoms with Crippen molar-refractivity contribution in [2.24, 2.45) is 0 Å². The van der Waals surface area contributed by atoms with E-state index < -0.39 is 10.8 Å². The zero-order valence-electron chi connectivity index (χ0n) is 8.61. The summed E-state index contributed by atoms with van der Waals surface area (Å²) in [7, 11) is 0. The van der Waals surface area contributed by atoms with Crippen LogP contribution in [0, 0.1) is 10.1 Å². The molecule has 0 radical (unpaired) electrons. The number of amides is 2. The molecule has 1 saturated heterocycles. The molecule has 0 atom stereocenters. The maximum atomic E-state index is 11.7. The molecule has 1 N–H and O–H groups in total. The van der Waals surface area contributed by atoms with Gasteiger partial charge in [0.05, 0.1) is 10.7 Å². The predicted octanol–water partition coefficient (Wildman–Crippen LogP) is 1.16. The molecule has 18 heavy (non-hydrogen) atoms. The summed E-state index contributed by atoms with van der Waals surface area (Å²) in [5.41, 5.74) is 2.32. The monoisotopic (exact) mass is 303 g/mol. The van der Waals surface area contributed by atoms with Gasteiger partial charge in [-0.1, -0.05) is 35.3 Å². The highest BCUT2D eigenvalue weighted by molar-refractivity contribution is 8.23. The molecule has 1 aromatic heterocycles. The van der Waals surface area contributed by atoms with Gasteiger partial charge in [-0.3, -0.25) is 25.1 Å². The Morgan fingerprint density at radius 3 is 2.78 bits per heavy atom. The Morgan fingerprint density at radius 2 is 2.28 bits per heavy atom. The standard InChI is InChI=1S/C8H5N3O4S3/c12-5-3-17-8(16)10(5)9-7(13)4-1-2-6(18-4)11(14)15/h1-2H,3H2,(H,9,13). The second kappa shape index (κ2) is 5.00. The SMILES string of the molecule is O=C(NN1C(=O)CSC1=S)c1ccc([N+](=O)[O-])s1. The van der Waals surface area contributed by atoms with Crippen molar-refractivity contribution in [1.29, 1.82) is 0 Å². The second-order valence-electron chi connectivity index (χ2n) is 3.12. The molecule has 1 aliphatic heterocycles. The maximum absolute atomic E-state index is 11.7. The number of thiocarbonyl (C=S) groups is 1. The molecule has 0 spiro atoms. The number of rotatable bonds is 3. The number of nitro groups is 1. The van der Waals surface area contributed by atoms with E-state index in [1.54, 1.807) is 0 Å². The van der Waals surface area contributed by atoms with Crippen LogP contribution in [0.5, 0.6) is 0 Å². The van der Waals surface area contributed by atoms with E-state index in [1.165, 1.54) is 12.1 Å². The molecule has 0 saturated carbocycles. The molecule has 0 aliphatic carbocycles. The predicted molar refractivity (Wildman–Crippen MR) is 70.3 cm³/mol. The quantitative estimate of drug-likeness (QED) is 0.512. The summed E-state index contributed by atoms with van der Waals surface area (Å²) < 4.78 is 0.263. The molecule has 1 fully saturated rings. The molecule has 0 aromatic carbocycles. The van der Waals surface area contributed by atoms with E-state index in [4.69, 9.17) is 12.2 Å². The molecule has 2 rings (SSSR count). The topological polar surface area (TPSA) is 92.6 Å². The fourth-order valence-electron chi connectivity index (χ4n) is 1.17. The largest absolute Gasteiger partial charge is 0.324 e. The summed E-state index contributed by atoms with van der Waals surface area (Å²) in [6.07, 6.45) is 0. The number of thiophene rings is 1. The van der Waals surface area contributed by atoms with Gasteiger partial charge < -0.3 is 0 Å². The van der Waals surface area contributed by atoms with E-state index in [2.05, 4.69) is 5.43 Å². The normalized spacial score (nSPS) is 15.0. The number of carbonyl (C=O) groups is 2.